The van der Waals surface area contributed by atoms with Crippen LogP contribution < -0.4 is 0 Å². The number of oxime groups is 1. The number of thioether (sulfide) groups is 1. The normalized spacial score (nSPS) is 21.3. The molecule has 10 heteroatoms. The highest BCUT2D eigenvalue weighted by molar-refractivity contribution is 9.11. The lowest BCUT2D eigenvalue weighted by molar-refractivity contribution is 0.129. The average Bonchev–Trinajstić information content (AvgIpc) is 3.25. The highest BCUT2D eigenvalue weighted by Gasteiger charge is 2.24. The van der Waals surface area contributed by atoms with E-state index in [0.29, 0.717) is 18.0 Å². The van der Waals surface area contributed by atoms with Crippen molar-refractivity contribution in [3.05, 3.63) is 75.2 Å². The Morgan fingerprint density at radius 1 is 1.37 bits per heavy atom. The quantitative estimate of drug-likeness (QED) is 0.428. The summed E-state index contributed by atoms with van der Waals surface area (Å²) < 4.78 is 12.6. The third-order valence-corrected chi connectivity index (χ3v) is 5.20. The summed E-state index contributed by atoms with van der Waals surface area (Å²) in [4.78, 5) is 14.6. The van der Waals surface area contributed by atoms with Crippen LogP contribution in [-0.2, 0) is 9.57 Å². The molecule has 0 aliphatic carbocycles. The SMILES string of the molecule is C=C1/C=C(O[C@H](c2cc(/C=N/OC)c(C)cn2)c2nnco2)\C=C(\Br)C/N=C(/C)S1. The second kappa shape index (κ2) is 10.4. The average molecular weight is 490 g/mol. The third-order valence-electron chi connectivity index (χ3n) is 3.92. The fraction of sp³-hybridized carbons (Fsp3) is 0.250. The molecule has 8 nitrogen and oxygen atoms in total. The Kier molecular flexibility index (Phi) is 7.58. The Morgan fingerprint density at radius 3 is 2.93 bits per heavy atom. The molecular formula is C20H20BrN5O3S. The second-order valence-electron chi connectivity index (χ2n) is 6.20. The minimum Gasteiger partial charge on any atom is -0.474 e. The van der Waals surface area contributed by atoms with Gasteiger partial charge < -0.3 is 14.0 Å². The van der Waals surface area contributed by atoms with E-state index in [9.17, 15) is 0 Å². The van der Waals surface area contributed by atoms with Crippen molar-refractivity contribution in [2.24, 2.45) is 10.1 Å². The number of ether oxygens (including phenoxy) is 1. The van der Waals surface area contributed by atoms with Gasteiger partial charge in [-0.1, -0.05) is 39.4 Å². The molecule has 1 aliphatic rings. The number of allylic oxidation sites excluding steroid dienone is 2. The van der Waals surface area contributed by atoms with Crippen LogP contribution in [0.4, 0.5) is 0 Å². The van der Waals surface area contributed by atoms with Crippen LogP contribution in [0.15, 0.2) is 67.1 Å². The van der Waals surface area contributed by atoms with Gasteiger partial charge in [-0.2, -0.15) is 0 Å². The van der Waals surface area contributed by atoms with Gasteiger partial charge in [0.25, 0.3) is 5.89 Å². The van der Waals surface area contributed by atoms with E-state index < -0.39 is 6.10 Å². The first-order chi connectivity index (χ1) is 14.5. The Hall–Kier alpha value is -2.72. The zero-order valence-corrected chi connectivity index (χ0v) is 19.1. The summed E-state index contributed by atoms with van der Waals surface area (Å²) in [5.74, 6) is 0.832. The summed E-state index contributed by atoms with van der Waals surface area (Å²) in [7, 11) is 1.49. The molecule has 0 N–H and O–H groups in total. The van der Waals surface area contributed by atoms with E-state index in [0.717, 1.165) is 25.6 Å². The third kappa shape index (κ3) is 5.90. The van der Waals surface area contributed by atoms with Crippen molar-refractivity contribution >= 4 is 39.0 Å². The number of rotatable bonds is 6. The smallest absolute Gasteiger partial charge is 0.263 e. The first-order valence-electron chi connectivity index (χ1n) is 8.87. The fourth-order valence-electron chi connectivity index (χ4n) is 2.52. The second-order valence-corrected chi connectivity index (χ2v) is 8.54. The van der Waals surface area contributed by atoms with Crippen LogP contribution in [0.5, 0.6) is 0 Å². The molecule has 0 aromatic carbocycles. The molecule has 0 amide bonds. The first-order valence-corrected chi connectivity index (χ1v) is 10.5. The van der Waals surface area contributed by atoms with Gasteiger partial charge in [0.05, 0.1) is 23.5 Å². The molecule has 0 radical (unpaired) electrons. The number of pyridine rings is 1. The minimum atomic E-state index is -0.730. The largest absolute Gasteiger partial charge is 0.474 e. The molecule has 2 aromatic heterocycles. The van der Waals surface area contributed by atoms with Crippen molar-refractivity contribution in [2.45, 2.75) is 20.0 Å². The highest BCUT2D eigenvalue weighted by Crippen LogP contribution is 2.30. The number of aromatic nitrogens is 3. The van der Waals surface area contributed by atoms with Crippen molar-refractivity contribution in [2.75, 3.05) is 13.7 Å². The predicted octanol–water partition coefficient (Wildman–Crippen LogP) is 4.70. The molecule has 1 atom stereocenters. The first kappa shape index (κ1) is 22.0. The summed E-state index contributed by atoms with van der Waals surface area (Å²) in [6.07, 6.45) is 7.54. The molecule has 0 spiro atoms. The number of halogens is 1. The van der Waals surface area contributed by atoms with Crippen LogP contribution in [0.1, 0.15) is 35.7 Å². The van der Waals surface area contributed by atoms with Gasteiger partial charge in [0.15, 0.2) is 0 Å². The topological polar surface area (TPSA) is 95.0 Å². The monoisotopic (exact) mass is 489 g/mol. The van der Waals surface area contributed by atoms with E-state index >= 15 is 0 Å². The van der Waals surface area contributed by atoms with Crippen molar-refractivity contribution in [1.29, 1.82) is 0 Å². The van der Waals surface area contributed by atoms with Crippen LogP contribution >= 0.6 is 27.7 Å². The summed E-state index contributed by atoms with van der Waals surface area (Å²) in [6.45, 7) is 8.44. The molecule has 0 fully saturated rings. The van der Waals surface area contributed by atoms with Gasteiger partial charge in [-0.25, -0.2) is 0 Å². The zero-order chi connectivity index (χ0) is 21.5. The maximum atomic E-state index is 6.28. The summed E-state index contributed by atoms with van der Waals surface area (Å²) >= 11 is 5.01. The summed E-state index contributed by atoms with van der Waals surface area (Å²) in [6, 6.07) is 1.85. The van der Waals surface area contributed by atoms with Gasteiger partial charge in [0.2, 0.25) is 12.5 Å². The van der Waals surface area contributed by atoms with Gasteiger partial charge in [-0.05, 0) is 37.6 Å². The van der Waals surface area contributed by atoms with Crippen molar-refractivity contribution in [1.82, 2.24) is 15.2 Å². The van der Waals surface area contributed by atoms with E-state index in [2.05, 4.69) is 47.8 Å². The van der Waals surface area contributed by atoms with Crippen LogP contribution in [0.2, 0.25) is 0 Å². The predicted molar refractivity (Wildman–Crippen MR) is 121 cm³/mol. The van der Waals surface area contributed by atoms with E-state index in [1.165, 1.54) is 25.3 Å². The van der Waals surface area contributed by atoms with Gasteiger partial charge >= 0.3 is 0 Å². The summed E-state index contributed by atoms with van der Waals surface area (Å²) in [5, 5.41) is 12.6. The molecule has 3 heterocycles. The lowest BCUT2D eigenvalue weighted by Crippen LogP contribution is -2.10. The Morgan fingerprint density at radius 2 is 2.20 bits per heavy atom. The molecule has 0 saturated carbocycles. The molecule has 156 valence electrons. The van der Waals surface area contributed by atoms with E-state index in [1.54, 1.807) is 12.4 Å². The molecule has 1 aliphatic heterocycles. The molecule has 0 unspecified atom stereocenters. The van der Waals surface area contributed by atoms with Crippen molar-refractivity contribution in [3.8, 4) is 0 Å². The van der Waals surface area contributed by atoms with E-state index in [-0.39, 0.29) is 5.89 Å². The highest BCUT2D eigenvalue weighted by atomic mass is 79.9. The Labute approximate surface area is 187 Å². The Balaban J connectivity index is 2.00. The van der Waals surface area contributed by atoms with Crippen LogP contribution in [-0.4, -0.2) is 40.1 Å². The number of aliphatic imine (C=N–C) groups is 1. The van der Waals surface area contributed by atoms with Crippen LogP contribution in [0, 0.1) is 6.92 Å². The standard InChI is InChI=1S/C20H20BrN5O3S/c1-12-8-23-18(6-15(12)9-25-27-4)19(20-26-24-11-28-20)29-17-5-13(2)30-14(3)22-10-16(21)7-17/h5-9,11,19H,2,10H2,1,3-4H3/b16-7+,17-5+,22-14-,25-9+/t19-/m1/s1. The number of aryl methyl sites for hydroxylation is 1. The maximum Gasteiger partial charge on any atom is 0.263 e. The van der Waals surface area contributed by atoms with Gasteiger partial charge in [0.1, 0.15) is 12.9 Å². The number of hydrogen-bond acceptors (Lipinski definition) is 9. The van der Waals surface area contributed by atoms with Crippen LogP contribution in [0.3, 0.4) is 0 Å². The molecule has 0 saturated heterocycles. The minimum absolute atomic E-state index is 0.275. The number of hydrogen-bond donors (Lipinski definition) is 0. The lowest BCUT2D eigenvalue weighted by Gasteiger charge is -2.17. The number of nitrogens with zero attached hydrogens (tertiary/aromatic N) is 5. The van der Waals surface area contributed by atoms with Crippen molar-refractivity contribution in [3.63, 3.8) is 0 Å². The lowest BCUT2D eigenvalue weighted by atomic mass is 10.1. The van der Waals surface area contributed by atoms with Gasteiger partial charge in [-0.3, -0.25) is 9.98 Å². The molecular weight excluding hydrogens is 470 g/mol. The molecule has 3 rings (SSSR count). The van der Waals surface area contributed by atoms with E-state index in [4.69, 9.17) is 14.0 Å². The summed E-state index contributed by atoms with van der Waals surface area (Å²) in [5.41, 5.74) is 2.35. The van der Waals surface area contributed by atoms with Crippen LogP contribution in [0.25, 0.3) is 0 Å². The van der Waals surface area contributed by atoms with Crippen molar-refractivity contribution < 1.29 is 14.0 Å². The Bertz CT molecular complexity index is 1030. The molecule has 2 aromatic rings. The van der Waals surface area contributed by atoms with Gasteiger partial charge in [-0.15, -0.1) is 10.2 Å². The maximum absolute atomic E-state index is 6.28. The zero-order valence-electron chi connectivity index (χ0n) is 16.7. The van der Waals surface area contributed by atoms with E-state index in [1.807, 2.05) is 32.1 Å². The fourth-order valence-corrected chi connectivity index (χ4v) is 3.56. The molecule has 30 heavy (non-hydrogen) atoms. The van der Waals surface area contributed by atoms with Gasteiger partial charge in [0, 0.05) is 21.1 Å². The molecule has 0 bridgehead atoms.